The zero-order chi connectivity index (χ0) is 11.9. The molecule has 94 valence electrons. The van der Waals surface area contributed by atoms with Crippen LogP contribution in [0.5, 0.6) is 5.75 Å². The van der Waals surface area contributed by atoms with Crippen LogP contribution >= 0.6 is 0 Å². The van der Waals surface area contributed by atoms with Crippen LogP contribution in [0, 0.1) is 5.82 Å². The molecule has 3 nitrogen and oxygen atoms in total. The standard InChI is InChI=1S/C13H18FNO2/c14-11-3-5-12(6-4-11)17-9-7-15-10-13-2-1-8-16-13/h3-6,13,15H,1-2,7-10H2/t13-/m1/s1. The first kappa shape index (κ1) is 12.3. The van der Waals surface area contributed by atoms with E-state index in [1.165, 1.54) is 18.6 Å². The Hall–Kier alpha value is -1.13. The van der Waals surface area contributed by atoms with Gasteiger partial charge in [-0.05, 0) is 37.1 Å². The zero-order valence-corrected chi connectivity index (χ0v) is 9.82. The van der Waals surface area contributed by atoms with Gasteiger partial charge < -0.3 is 14.8 Å². The number of benzene rings is 1. The van der Waals surface area contributed by atoms with Crippen LogP contribution in [0.25, 0.3) is 0 Å². The molecule has 1 N–H and O–H groups in total. The number of hydrogen-bond acceptors (Lipinski definition) is 3. The van der Waals surface area contributed by atoms with E-state index in [1.54, 1.807) is 12.1 Å². The van der Waals surface area contributed by atoms with E-state index >= 15 is 0 Å². The van der Waals surface area contributed by atoms with Crippen LogP contribution < -0.4 is 10.1 Å². The molecule has 4 heteroatoms. The fourth-order valence-electron chi connectivity index (χ4n) is 1.84. The number of nitrogens with one attached hydrogen (secondary N) is 1. The molecule has 1 saturated heterocycles. The summed E-state index contributed by atoms with van der Waals surface area (Å²) in [6, 6.07) is 6.06. The lowest BCUT2D eigenvalue weighted by Crippen LogP contribution is -2.29. The van der Waals surface area contributed by atoms with Gasteiger partial charge in [-0.1, -0.05) is 0 Å². The van der Waals surface area contributed by atoms with Gasteiger partial charge >= 0.3 is 0 Å². The molecular weight excluding hydrogens is 221 g/mol. The molecule has 1 aromatic carbocycles. The van der Waals surface area contributed by atoms with Crippen molar-refractivity contribution in [2.45, 2.75) is 18.9 Å². The molecular formula is C13H18FNO2. The number of halogens is 1. The molecule has 1 atom stereocenters. The molecule has 2 rings (SSSR count). The van der Waals surface area contributed by atoms with Gasteiger partial charge in [0, 0.05) is 19.7 Å². The van der Waals surface area contributed by atoms with Crippen LogP contribution in [0.1, 0.15) is 12.8 Å². The maximum atomic E-state index is 12.6. The van der Waals surface area contributed by atoms with Gasteiger partial charge in [0.1, 0.15) is 18.2 Å². The Labute approximate surface area is 101 Å². The Morgan fingerprint density at radius 3 is 2.88 bits per heavy atom. The van der Waals surface area contributed by atoms with Crippen molar-refractivity contribution in [3.05, 3.63) is 30.1 Å². The van der Waals surface area contributed by atoms with Crippen molar-refractivity contribution in [1.82, 2.24) is 5.32 Å². The lowest BCUT2D eigenvalue weighted by molar-refractivity contribution is 0.109. The molecule has 0 spiro atoms. The van der Waals surface area contributed by atoms with Crippen LogP contribution in [0.15, 0.2) is 24.3 Å². The summed E-state index contributed by atoms with van der Waals surface area (Å²) in [5.74, 6) is 0.458. The third-order valence-electron chi connectivity index (χ3n) is 2.76. The Kier molecular flexibility index (Phi) is 4.76. The maximum Gasteiger partial charge on any atom is 0.123 e. The zero-order valence-electron chi connectivity index (χ0n) is 9.82. The van der Waals surface area contributed by atoms with Crippen LogP contribution in [-0.4, -0.2) is 32.4 Å². The first-order valence-electron chi connectivity index (χ1n) is 6.05. The third kappa shape index (κ3) is 4.32. The normalized spacial score (nSPS) is 19.5. The van der Waals surface area contributed by atoms with Crippen LogP contribution in [0.4, 0.5) is 4.39 Å². The van der Waals surface area contributed by atoms with E-state index in [2.05, 4.69) is 5.32 Å². The molecule has 0 bridgehead atoms. The van der Waals surface area contributed by atoms with Gasteiger partial charge in [0.05, 0.1) is 6.10 Å². The molecule has 0 aliphatic carbocycles. The summed E-state index contributed by atoms with van der Waals surface area (Å²) in [6.45, 7) is 3.13. The molecule has 0 saturated carbocycles. The monoisotopic (exact) mass is 239 g/mol. The van der Waals surface area contributed by atoms with Crippen molar-refractivity contribution in [3.8, 4) is 5.75 Å². The summed E-state index contributed by atoms with van der Waals surface area (Å²) < 4.78 is 23.6. The van der Waals surface area contributed by atoms with E-state index < -0.39 is 0 Å². The predicted octanol–water partition coefficient (Wildman–Crippen LogP) is 1.97. The van der Waals surface area contributed by atoms with Gasteiger partial charge in [0.15, 0.2) is 0 Å². The minimum Gasteiger partial charge on any atom is -0.492 e. The second-order valence-corrected chi connectivity index (χ2v) is 4.14. The number of ether oxygens (including phenoxy) is 2. The van der Waals surface area contributed by atoms with Gasteiger partial charge in [-0.15, -0.1) is 0 Å². The smallest absolute Gasteiger partial charge is 0.123 e. The van der Waals surface area contributed by atoms with Gasteiger partial charge in [0.25, 0.3) is 0 Å². The third-order valence-corrected chi connectivity index (χ3v) is 2.76. The summed E-state index contributed by atoms with van der Waals surface area (Å²) in [5.41, 5.74) is 0. The van der Waals surface area contributed by atoms with Crippen LogP contribution in [0.3, 0.4) is 0 Å². The quantitative estimate of drug-likeness (QED) is 0.770. The van der Waals surface area contributed by atoms with Crippen molar-refractivity contribution in [3.63, 3.8) is 0 Å². The van der Waals surface area contributed by atoms with Crippen molar-refractivity contribution >= 4 is 0 Å². The van der Waals surface area contributed by atoms with Crippen molar-refractivity contribution in [2.75, 3.05) is 26.3 Å². The maximum absolute atomic E-state index is 12.6. The average molecular weight is 239 g/mol. The van der Waals surface area contributed by atoms with E-state index in [-0.39, 0.29) is 5.82 Å². The Balaban J connectivity index is 1.55. The van der Waals surface area contributed by atoms with E-state index in [4.69, 9.17) is 9.47 Å². The molecule has 0 radical (unpaired) electrons. The number of hydrogen-bond donors (Lipinski definition) is 1. The van der Waals surface area contributed by atoms with E-state index in [1.807, 2.05) is 0 Å². The first-order chi connectivity index (χ1) is 8.34. The first-order valence-corrected chi connectivity index (χ1v) is 6.05. The molecule has 0 amide bonds. The second kappa shape index (κ2) is 6.57. The molecule has 1 aliphatic rings. The fraction of sp³-hybridized carbons (Fsp3) is 0.538. The Bertz CT molecular complexity index is 323. The summed E-state index contributed by atoms with van der Waals surface area (Å²) >= 11 is 0. The summed E-state index contributed by atoms with van der Waals surface area (Å²) in [7, 11) is 0. The topological polar surface area (TPSA) is 30.5 Å². The minimum absolute atomic E-state index is 0.242. The van der Waals surface area contributed by atoms with Crippen molar-refractivity contribution in [1.29, 1.82) is 0 Å². The van der Waals surface area contributed by atoms with E-state index in [9.17, 15) is 4.39 Å². The average Bonchev–Trinajstić information content (AvgIpc) is 2.84. The largest absolute Gasteiger partial charge is 0.492 e. The Morgan fingerprint density at radius 1 is 1.35 bits per heavy atom. The van der Waals surface area contributed by atoms with Crippen LogP contribution in [-0.2, 0) is 4.74 Å². The summed E-state index contributed by atoms with van der Waals surface area (Å²) in [6.07, 6.45) is 2.67. The van der Waals surface area contributed by atoms with Gasteiger partial charge in [-0.25, -0.2) is 4.39 Å². The van der Waals surface area contributed by atoms with E-state index in [0.29, 0.717) is 18.5 Å². The fourth-order valence-corrected chi connectivity index (χ4v) is 1.84. The lowest BCUT2D eigenvalue weighted by atomic mass is 10.2. The molecule has 1 heterocycles. The molecule has 1 aliphatic heterocycles. The van der Waals surface area contributed by atoms with Crippen molar-refractivity contribution in [2.24, 2.45) is 0 Å². The van der Waals surface area contributed by atoms with Gasteiger partial charge in [0.2, 0.25) is 0 Å². The van der Waals surface area contributed by atoms with E-state index in [0.717, 1.165) is 26.1 Å². The SMILES string of the molecule is Fc1ccc(OCCNC[C@H]2CCCO2)cc1. The second-order valence-electron chi connectivity index (χ2n) is 4.14. The Morgan fingerprint density at radius 2 is 2.18 bits per heavy atom. The highest BCUT2D eigenvalue weighted by molar-refractivity contribution is 5.21. The highest BCUT2D eigenvalue weighted by atomic mass is 19.1. The predicted molar refractivity (Wildman–Crippen MR) is 63.7 cm³/mol. The minimum atomic E-state index is -0.242. The molecule has 1 fully saturated rings. The number of rotatable bonds is 6. The van der Waals surface area contributed by atoms with Crippen LogP contribution in [0.2, 0.25) is 0 Å². The van der Waals surface area contributed by atoms with Crippen molar-refractivity contribution < 1.29 is 13.9 Å². The molecule has 0 unspecified atom stereocenters. The molecule has 0 aromatic heterocycles. The molecule has 1 aromatic rings. The summed E-state index contributed by atoms with van der Waals surface area (Å²) in [4.78, 5) is 0. The van der Waals surface area contributed by atoms with Gasteiger partial charge in [-0.2, -0.15) is 0 Å². The lowest BCUT2D eigenvalue weighted by Gasteiger charge is -2.11. The summed E-state index contributed by atoms with van der Waals surface area (Å²) in [5, 5.41) is 3.28. The van der Waals surface area contributed by atoms with Gasteiger partial charge in [-0.3, -0.25) is 0 Å². The highest BCUT2D eigenvalue weighted by Gasteiger charge is 2.14. The highest BCUT2D eigenvalue weighted by Crippen LogP contribution is 2.11. The molecule has 17 heavy (non-hydrogen) atoms.